The molecule has 9 heteroatoms. The summed E-state index contributed by atoms with van der Waals surface area (Å²) in [6.45, 7) is 1.59. The number of hydrogen-bond acceptors (Lipinski definition) is 4. The lowest BCUT2D eigenvalue weighted by Gasteiger charge is -2.20. The molecule has 3 aromatic carbocycles. The van der Waals surface area contributed by atoms with E-state index in [1.54, 1.807) is 43.3 Å². The fourth-order valence-electron chi connectivity index (χ4n) is 3.69. The highest BCUT2D eigenvalue weighted by atomic mass is 19.1. The molecule has 2 N–H and O–H groups in total. The number of carbonyl (C=O) groups excluding carboxylic acids is 1. The van der Waals surface area contributed by atoms with Crippen molar-refractivity contribution in [1.29, 1.82) is 0 Å². The van der Waals surface area contributed by atoms with E-state index in [9.17, 15) is 23.5 Å². The van der Waals surface area contributed by atoms with Crippen LogP contribution in [-0.4, -0.2) is 38.4 Å². The van der Waals surface area contributed by atoms with Crippen LogP contribution in [0.1, 0.15) is 27.4 Å². The molecule has 0 saturated heterocycles. The van der Waals surface area contributed by atoms with Crippen molar-refractivity contribution in [3.8, 4) is 16.9 Å². The minimum atomic E-state index is -1.13. The molecule has 1 amide bonds. The molecule has 4 aromatic rings. The van der Waals surface area contributed by atoms with Gasteiger partial charge in [-0.2, -0.15) is 0 Å². The van der Waals surface area contributed by atoms with Crippen LogP contribution in [0.25, 0.3) is 11.1 Å². The highest BCUT2D eigenvalue weighted by Gasteiger charge is 2.21. The van der Waals surface area contributed by atoms with E-state index in [-0.39, 0.29) is 19.0 Å². The highest BCUT2D eigenvalue weighted by Crippen LogP contribution is 2.26. The Hall–Kier alpha value is -4.53. The number of imidazole rings is 1. The molecular formula is C27H23F2N3O4. The number of rotatable bonds is 9. The van der Waals surface area contributed by atoms with Crippen LogP contribution in [0, 0.1) is 18.6 Å². The molecule has 0 aliphatic carbocycles. The van der Waals surface area contributed by atoms with Gasteiger partial charge in [0.15, 0.2) is 5.82 Å². The Morgan fingerprint density at radius 2 is 1.78 bits per heavy atom. The average molecular weight is 491 g/mol. The molecule has 7 nitrogen and oxygen atoms in total. The minimum Gasteiger partial charge on any atom is -0.489 e. The number of carboxylic acid groups (broad SMARTS) is 1. The number of H-pyrrole nitrogens is 1. The number of carboxylic acids is 1. The summed E-state index contributed by atoms with van der Waals surface area (Å²) in [4.78, 5) is 32.1. The third-order valence-electron chi connectivity index (χ3n) is 5.39. The van der Waals surface area contributed by atoms with Gasteiger partial charge in [0.2, 0.25) is 0 Å². The molecule has 0 unspecified atom stereocenters. The maximum absolute atomic E-state index is 14.0. The first-order valence-electron chi connectivity index (χ1n) is 11.1. The van der Waals surface area contributed by atoms with Crippen molar-refractivity contribution in [1.82, 2.24) is 14.9 Å². The first kappa shape index (κ1) is 24.6. The van der Waals surface area contributed by atoms with Crippen LogP contribution < -0.4 is 4.74 Å². The number of halogens is 2. The summed E-state index contributed by atoms with van der Waals surface area (Å²) in [6.07, 6.45) is 1.51. The van der Waals surface area contributed by atoms with Gasteiger partial charge in [-0.15, -0.1) is 0 Å². The van der Waals surface area contributed by atoms with Gasteiger partial charge in [-0.3, -0.25) is 9.59 Å². The second-order valence-corrected chi connectivity index (χ2v) is 8.23. The smallest absolute Gasteiger partial charge is 0.323 e. The molecule has 0 saturated carbocycles. The average Bonchev–Trinajstić information content (AvgIpc) is 3.28. The first-order chi connectivity index (χ1) is 17.3. The summed E-state index contributed by atoms with van der Waals surface area (Å²) in [5.74, 6) is -2.28. The number of nitrogens with zero attached hydrogens (tertiary/aromatic N) is 2. The van der Waals surface area contributed by atoms with Crippen molar-refractivity contribution in [2.75, 3.05) is 6.54 Å². The zero-order chi connectivity index (χ0) is 25.7. The Balaban J connectivity index is 1.42. The number of aryl methyl sites for hydroxylation is 1. The van der Waals surface area contributed by atoms with Crippen molar-refractivity contribution in [3.05, 3.63) is 107 Å². The van der Waals surface area contributed by atoms with E-state index in [2.05, 4.69) is 9.97 Å². The van der Waals surface area contributed by atoms with Crippen LogP contribution in [0.4, 0.5) is 8.78 Å². The number of benzene rings is 3. The maximum atomic E-state index is 14.0. The summed E-state index contributed by atoms with van der Waals surface area (Å²) in [6, 6.07) is 17.5. The van der Waals surface area contributed by atoms with Crippen LogP contribution in [0.15, 0.2) is 72.9 Å². The molecule has 0 fully saturated rings. The third-order valence-corrected chi connectivity index (χ3v) is 5.39. The molecule has 0 bridgehead atoms. The summed E-state index contributed by atoms with van der Waals surface area (Å²) in [5.41, 5.74) is 3.13. The number of nitrogens with one attached hydrogen (secondary N) is 1. The van der Waals surface area contributed by atoms with Gasteiger partial charge in [-0.1, -0.05) is 36.4 Å². The molecule has 0 aliphatic heterocycles. The summed E-state index contributed by atoms with van der Waals surface area (Å²) in [7, 11) is 0. The van der Waals surface area contributed by atoms with Crippen LogP contribution in [0.2, 0.25) is 0 Å². The van der Waals surface area contributed by atoms with Crippen LogP contribution >= 0.6 is 0 Å². The number of aromatic nitrogens is 2. The van der Waals surface area contributed by atoms with Gasteiger partial charge >= 0.3 is 5.97 Å². The van der Waals surface area contributed by atoms with E-state index >= 15 is 0 Å². The van der Waals surface area contributed by atoms with Gasteiger partial charge in [0.25, 0.3) is 5.91 Å². The van der Waals surface area contributed by atoms with Gasteiger partial charge in [-0.05, 0) is 47.9 Å². The number of amides is 1. The number of aromatic amines is 1. The molecule has 1 aromatic heterocycles. The van der Waals surface area contributed by atoms with Crippen molar-refractivity contribution >= 4 is 11.9 Å². The Morgan fingerprint density at radius 3 is 2.44 bits per heavy atom. The predicted octanol–water partition coefficient (Wildman–Crippen LogP) is 4.97. The number of hydrogen-bond donors (Lipinski definition) is 2. The van der Waals surface area contributed by atoms with E-state index < -0.39 is 30.1 Å². The van der Waals surface area contributed by atoms with Crippen LogP contribution in [-0.2, 0) is 17.9 Å². The first-order valence-corrected chi connectivity index (χ1v) is 11.1. The fraction of sp³-hybridized carbons (Fsp3) is 0.148. The quantitative estimate of drug-likeness (QED) is 0.345. The zero-order valence-electron chi connectivity index (χ0n) is 19.4. The van der Waals surface area contributed by atoms with E-state index in [0.717, 1.165) is 17.2 Å². The molecule has 4 rings (SSSR count). The Morgan fingerprint density at radius 1 is 1.03 bits per heavy atom. The lowest BCUT2D eigenvalue weighted by molar-refractivity contribution is -0.137. The third kappa shape index (κ3) is 6.12. The number of aliphatic carboxylic acids is 1. The van der Waals surface area contributed by atoms with Gasteiger partial charge in [-0.25, -0.2) is 13.8 Å². The lowest BCUT2D eigenvalue weighted by Crippen LogP contribution is -2.35. The monoisotopic (exact) mass is 491 g/mol. The van der Waals surface area contributed by atoms with E-state index in [4.69, 9.17) is 4.74 Å². The molecule has 0 atom stereocenters. The minimum absolute atomic E-state index is 0.0800. The molecule has 184 valence electrons. The zero-order valence-corrected chi connectivity index (χ0v) is 19.4. The highest BCUT2D eigenvalue weighted by molar-refractivity contribution is 5.92. The van der Waals surface area contributed by atoms with E-state index in [0.29, 0.717) is 22.6 Å². The largest absolute Gasteiger partial charge is 0.489 e. The second-order valence-electron chi connectivity index (χ2n) is 8.23. The fourth-order valence-corrected chi connectivity index (χ4v) is 3.69. The normalized spacial score (nSPS) is 10.8. The van der Waals surface area contributed by atoms with Crippen molar-refractivity contribution in [3.63, 3.8) is 0 Å². The predicted molar refractivity (Wildman–Crippen MR) is 128 cm³/mol. The number of ether oxygens (including phenoxy) is 1. The summed E-state index contributed by atoms with van der Waals surface area (Å²) >= 11 is 0. The van der Waals surface area contributed by atoms with E-state index in [1.807, 2.05) is 12.1 Å². The lowest BCUT2D eigenvalue weighted by atomic mass is 10.1. The van der Waals surface area contributed by atoms with E-state index in [1.165, 1.54) is 23.2 Å². The van der Waals surface area contributed by atoms with Crippen LogP contribution in [0.5, 0.6) is 5.75 Å². The van der Waals surface area contributed by atoms with Gasteiger partial charge in [0.1, 0.15) is 30.5 Å². The SMILES string of the molecule is Cc1cnc(C(=O)N(CC(=O)O)Cc2cccc(COc3ccc(-c4ccc(F)cc4F)cc3)c2)[nH]1. The van der Waals surface area contributed by atoms with Gasteiger partial charge in [0, 0.05) is 30.1 Å². The Kier molecular flexibility index (Phi) is 7.39. The summed E-state index contributed by atoms with van der Waals surface area (Å²) < 4.78 is 33.0. The Bertz CT molecular complexity index is 1390. The number of carbonyl (C=O) groups is 2. The summed E-state index contributed by atoms with van der Waals surface area (Å²) in [5, 5.41) is 9.27. The molecule has 36 heavy (non-hydrogen) atoms. The van der Waals surface area contributed by atoms with Gasteiger partial charge in [0.05, 0.1) is 0 Å². The molecule has 0 aliphatic rings. The van der Waals surface area contributed by atoms with Crippen molar-refractivity contribution in [2.24, 2.45) is 0 Å². The van der Waals surface area contributed by atoms with Crippen molar-refractivity contribution < 1.29 is 28.2 Å². The molecular weight excluding hydrogens is 468 g/mol. The van der Waals surface area contributed by atoms with Crippen LogP contribution in [0.3, 0.4) is 0 Å². The molecule has 1 heterocycles. The standard InChI is InChI=1S/C27H23F2N3O4/c1-17-13-30-26(31-17)27(35)32(15-25(33)34)14-18-3-2-4-19(11-18)16-36-22-8-5-20(6-9-22)23-10-7-21(28)12-24(23)29/h2-13H,14-16H2,1H3,(H,30,31)(H,33,34). The van der Waals surface area contributed by atoms with Gasteiger partial charge < -0.3 is 19.7 Å². The maximum Gasteiger partial charge on any atom is 0.323 e. The second kappa shape index (κ2) is 10.8. The topological polar surface area (TPSA) is 95.5 Å². The Labute approximate surface area is 206 Å². The molecule has 0 radical (unpaired) electrons. The molecule has 0 spiro atoms. The van der Waals surface area contributed by atoms with Crippen molar-refractivity contribution in [2.45, 2.75) is 20.1 Å².